The zero-order valence-electron chi connectivity index (χ0n) is 10.3. The Bertz CT molecular complexity index is 538. The Hall–Kier alpha value is -1.89. The fourth-order valence-electron chi connectivity index (χ4n) is 2.52. The molecule has 0 aromatic heterocycles. The van der Waals surface area contributed by atoms with E-state index >= 15 is 0 Å². The molecule has 3 rings (SSSR count). The molecule has 2 aromatic carbocycles. The van der Waals surface area contributed by atoms with Gasteiger partial charge in [0.1, 0.15) is 0 Å². The number of rotatable bonds is 4. The summed E-state index contributed by atoms with van der Waals surface area (Å²) in [5, 5.41) is 0. The molecular weight excluding hydrogens is 220 g/mol. The van der Waals surface area contributed by atoms with E-state index in [-0.39, 0.29) is 5.41 Å². The zero-order chi connectivity index (χ0) is 12.4. The van der Waals surface area contributed by atoms with E-state index in [0.717, 1.165) is 24.8 Å². The summed E-state index contributed by atoms with van der Waals surface area (Å²) in [5.74, 6) is 0.312. The molecular formula is C17H16O. The fourth-order valence-corrected chi connectivity index (χ4v) is 2.52. The van der Waals surface area contributed by atoms with Crippen molar-refractivity contribution in [2.45, 2.75) is 19.3 Å². The van der Waals surface area contributed by atoms with Crippen molar-refractivity contribution in [3.8, 4) is 0 Å². The van der Waals surface area contributed by atoms with Crippen LogP contribution in [0.4, 0.5) is 0 Å². The van der Waals surface area contributed by atoms with Gasteiger partial charge < -0.3 is 0 Å². The molecule has 0 spiro atoms. The molecule has 0 atom stereocenters. The van der Waals surface area contributed by atoms with Crippen LogP contribution in [0, 0.1) is 5.41 Å². The Morgan fingerprint density at radius 3 is 2.00 bits per heavy atom. The number of carbonyl (C=O) groups is 1. The van der Waals surface area contributed by atoms with Crippen molar-refractivity contribution < 1.29 is 4.79 Å². The van der Waals surface area contributed by atoms with Crippen LogP contribution < -0.4 is 0 Å². The third kappa shape index (κ3) is 2.08. The van der Waals surface area contributed by atoms with Crippen LogP contribution in [0.25, 0.3) is 0 Å². The predicted molar refractivity (Wildman–Crippen MR) is 72.6 cm³/mol. The quantitative estimate of drug-likeness (QED) is 0.736. The Morgan fingerprint density at radius 2 is 1.44 bits per heavy atom. The van der Waals surface area contributed by atoms with Gasteiger partial charge in [-0.1, -0.05) is 60.7 Å². The van der Waals surface area contributed by atoms with Gasteiger partial charge in [-0.05, 0) is 24.8 Å². The van der Waals surface area contributed by atoms with E-state index in [4.69, 9.17) is 0 Å². The van der Waals surface area contributed by atoms with Crippen molar-refractivity contribution in [1.29, 1.82) is 0 Å². The fraction of sp³-hybridized carbons (Fsp3) is 0.235. The zero-order valence-corrected chi connectivity index (χ0v) is 10.3. The maximum Gasteiger partial charge on any atom is 0.169 e. The van der Waals surface area contributed by atoms with Crippen molar-refractivity contribution in [3.63, 3.8) is 0 Å². The second-order valence-electron chi connectivity index (χ2n) is 5.14. The first-order chi connectivity index (χ1) is 8.80. The van der Waals surface area contributed by atoms with Crippen LogP contribution in [0.5, 0.6) is 0 Å². The lowest BCUT2D eigenvalue weighted by atomic mass is 9.88. The second kappa shape index (κ2) is 4.41. The van der Waals surface area contributed by atoms with Gasteiger partial charge in [-0.25, -0.2) is 0 Å². The molecule has 2 aromatic rings. The van der Waals surface area contributed by atoms with Gasteiger partial charge in [-0.2, -0.15) is 0 Å². The van der Waals surface area contributed by atoms with Crippen molar-refractivity contribution in [1.82, 2.24) is 0 Å². The van der Waals surface area contributed by atoms with E-state index in [1.807, 2.05) is 48.5 Å². The monoisotopic (exact) mass is 236 g/mol. The van der Waals surface area contributed by atoms with Gasteiger partial charge in [0.05, 0.1) is 0 Å². The lowest BCUT2D eigenvalue weighted by Crippen LogP contribution is -2.18. The molecule has 1 nitrogen and oxygen atoms in total. The van der Waals surface area contributed by atoms with Crippen molar-refractivity contribution >= 4 is 5.78 Å². The average Bonchev–Trinajstić information content (AvgIpc) is 3.21. The average molecular weight is 236 g/mol. The molecule has 1 saturated carbocycles. The standard InChI is InChI=1S/C17H16O/c18-16(15-9-5-2-6-10-15)17(11-12-17)13-14-7-3-1-4-8-14/h1-10H,11-13H2. The summed E-state index contributed by atoms with van der Waals surface area (Å²) in [6.45, 7) is 0. The third-order valence-electron chi connectivity index (χ3n) is 3.76. The lowest BCUT2D eigenvalue weighted by molar-refractivity contribution is 0.0899. The Balaban J connectivity index is 1.82. The molecule has 1 heteroatoms. The molecule has 0 unspecified atom stereocenters. The molecule has 0 amide bonds. The molecule has 0 aliphatic heterocycles. The molecule has 0 radical (unpaired) electrons. The van der Waals surface area contributed by atoms with Gasteiger partial charge in [0.2, 0.25) is 0 Å². The number of ketones is 1. The number of benzene rings is 2. The lowest BCUT2D eigenvalue weighted by Gasteiger charge is -2.14. The van der Waals surface area contributed by atoms with Crippen LogP contribution >= 0.6 is 0 Å². The maximum atomic E-state index is 12.5. The highest BCUT2D eigenvalue weighted by Crippen LogP contribution is 2.50. The number of carbonyl (C=O) groups excluding carboxylic acids is 1. The normalized spacial score (nSPS) is 16.2. The molecule has 0 saturated heterocycles. The summed E-state index contributed by atoms with van der Waals surface area (Å²) in [6, 6.07) is 20.0. The topological polar surface area (TPSA) is 17.1 Å². The predicted octanol–water partition coefficient (Wildman–Crippen LogP) is 3.89. The summed E-state index contributed by atoms with van der Waals surface area (Å²) in [7, 11) is 0. The molecule has 1 aliphatic rings. The van der Waals surface area contributed by atoms with Crippen LogP contribution in [0.1, 0.15) is 28.8 Å². The van der Waals surface area contributed by atoms with E-state index in [2.05, 4.69) is 12.1 Å². The summed E-state index contributed by atoms with van der Waals surface area (Å²) in [5.41, 5.74) is 1.99. The molecule has 0 bridgehead atoms. The Morgan fingerprint density at radius 1 is 0.889 bits per heavy atom. The molecule has 1 aliphatic carbocycles. The highest BCUT2D eigenvalue weighted by molar-refractivity contribution is 6.02. The van der Waals surface area contributed by atoms with Crippen molar-refractivity contribution in [2.24, 2.45) is 5.41 Å². The second-order valence-corrected chi connectivity index (χ2v) is 5.14. The van der Waals surface area contributed by atoms with E-state index in [0.29, 0.717) is 5.78 Å². The molecule has 0 heterocycles. The molecule has 1 fully saturated rings. The summed E-state index contributed by atoms with van der Waals surface area (Å²) in [6.07, 6.45) is 2.92. The van der Waals surface area contributed by atoms with Gasteiger partial charge >= 0.3 is 0 Å². The SMILES string of the molecule is O=C(c1ccccc1)C1(Cc2ccccc2)CC1. The molecule has 18 heavy (non-hydrogen) atoms. The largest absolute Gasteiger partial charge is 0.294 e. The Labute approximate surface area is 107 Å². The maximum absolute atomic E-state index is 12.5. The van der Waals surface area contributed by atoms with Crippen LogP contribution in [0.15, 0.2) is 60.7 Å². The summed E-state index contributed by atoms with van der Waals surface area (Å²) < 4.78 is 0. The molecule has 0 N–H and O–H groups in total. The molecule has 90 valence electrons. The van der Waals surface area contributed by atoms with Crippen LogP contribution in [0.2, 0.25) is 0 Å². The number of Topliss-reactive ketones (excluding diaryl/α,β-unsaturated/α-hetero) is 1. The van der Waals surface area contributed by atoms with Gasteiger partial charge in [0, 0.05) is 11.0 Å². The minimum Gasteiger partial charge on any atom is -0.294 e. The van der Waals surface area contributed by atoms with Gasteiger partial charge in [-0.3, -0.25) is 4.79 Å². The highest BCUT2D eigenvalue weighted by atomic mass is 16.1. The van der Waals surface area contributed by atoms with Gasteiger partial charge in [-0.15, -0.1) is 0 Å². The van der Waals surface area contributed by atoms with Gasteiger partial charge in [0.15, 0.2) is 5.78 Å². The van der Waals surface area contributed by atoms with Gasteiger partial charge in [0.25, 0.3) is 0 Å². The summed E-state index contributed by atoms with van der Waals surface area (Å²) >= 11 is 0. The third-order valence-corrected chi connectivity index (χ3v) is 3.76. The first-order valence-electron chi connectivity index (χ1n) is 6.44. The first kappa shape index (κ1) is 11.2. The van der Waals surface area contributed by atoms with E-state index < -0.39 is 0 Å². The first-order valence-corrected chi connectivity index (χ1v) is 6.44. The van der Waals surface area contributed by atoms with Crippen LogP contribution in [-0.4, -0.2) is 5.78 Å². The minimum atomic E-state index is -0.122. The van der Waals surface area contributed by atoms with Crippen LogP contribution in [0.3, 0.4) is 0 Å². The van der Waals surface area contributed by atoms with E-state index in [9.17, 15) is 4.79 Å². The minimum absolute atomic E-state index is 0.122. The summed E-state index contributed by atoms with van der Waals surface area (Å²) in [4.78, 5) is 12.5. The highest BCUT2D eigenvalue weighted by Gasteiger charge is 2.49. The van der Waals surface area contributed by atoms with E-state index in [1.165, 1.54) is 5.56 Å². The van der Waals surface area contributed by atoms with E-state index in [1.54, 1.807) is 0 Å². The van der Waals surface area contributed by atoms with Crippen molar-refractivity contribution in [3.05, 3.63) is 71.8 Å². The van der Waals surface area contributed by atoms with Crippen molar-refractivity contribution in [2.75, 3.05) is 0 Å². The Kier molecular flexibility index (Phi) is 2.75. The number of hydrogen-bond donors (Lipinski definition) is 0. The van der Waals surface area contributed by atoms with Crippen LogP contribution in [-0.2, 0) is 6.42 Å². The smallest absolute Gasteiger partial charge is 0.169 e. The number of hydrogen-bond acceptors (Lipinski definition) is 1.